The molecule has 0 radical (unpaired) electrons. The smallest absolute Gasteiger partial charge is 0.330 e. The molecule has 106 valence electrons. The molecule has 0 bridgehead atoms. The van der Waals surface area contributed by atoms with E-state index < -0.39 is 24.0 Å². The van der Waals surface area contributed by atoms with E-state index in [2.05, 4.69) is 10.6 Å². The first-order chi connectivity index (χ1) is 9.49. The van der Waals surface area contributed by atoms with Crippen molar-refractivity contribution in [1.29, 1.82) is 0 Å². The van der Waals surface area contributed by atoms with Crippen molar-refractivity contribution in [3.8, 4) is 0 Å². The van der Waals surface area contributed by atoms with E-state index in [-0.39, 0.29) is 17.4 Å². The number of halogens is 1. The van der Waals surface area contributed by atoms with Gasteiger partial charge in [-0.1, -0.05) is 29.8 Å². The number of carboxylic acid groups (broad SMARTS) is 1. The summed E-state index contributed by atoms with van der Waals surface area (Å²) in [5, 5.41) is 14.4. The molecule has 3 N–H and O–H groups in total. The van der Waals surface area contributed by atoms with Crippen molar-refractivity contribution >= 4 is 29.4 Å². The lowest BCUT2D eigenvalue weighted by molar-refractivity contribution is -0.142. The number of amides is 2. The van der Waals surface area contributed by atoms with Gasteiger partial charge in [-0.15, -0.1) is 0 Å². The Balaban J connectivity index is 2.14. The highest BCUT2D eigenvalue weighted by Gasteiger charge is 2.31. The van der Waals surface area contributed by atoms with Crippen molar-refractivity contribution in [2.75, 3.05) is 0 Å². The molecule has 1 saturated heterocycles. The Morgan fingerprint density at radius 3 is 2.65 bits per heavy atom. The van der Waals surface area contributed by atoms with E-state index >= 15 is 0 Å². The van der Waals surface area contributed by atoms with Crippen LogP contribution in [0.25, 0.3) is 0 Å². The van der Waals surface area contributed by atoms with E-state index in [0.717, 1.165) is 0 Å². The molecule has 1 aromatic carbocycles. The van der Waals surface area contributed by atoms with Crippen LogP contribution in [0.5, 0.6) is 0 Å². The van der Waals surface area contributed by atoms with Crippen molar-refractivity contribution < 1.29 is 19.5 Å². The normalized spacial score (nSPS) is 19.2. The fourth-order valence-electron chi connectivity index (χ4n) is 2.04. The summed E-state index contributed by atoms with van der Waals surface area (Å²) in [6.45, 7) is 0. The fourth-order valence-corrected chi connectivity index (χ4v) is 2.28. The van der Waals surface area contributed by atoms with Crippen LogP contribution >= 0.6 is 11.6 Å². The molecule has 1 aliphatic heterocycles. The maximum Gasteiger partial charge on any atom is 0.330 e. The molecule has 7 heteroatoms. The van der Waals surface area contributed by atoms with E-state index in [1.165, 1.54) is 6.07 Å². The monoisotopic (exact) mass is 296 g/mol. The van der Waals surface area contributed by atoms with Crippen LogP contribution in [0, 0.1) is 0 Å². The van der Waals surface area contributed by atoms with Gasteiger partial charge in [-0.3, -0.25) is 9.59 Å². The Labute approximate surface area is 120 Å². The van der Waals surface area contributed by atoms with Crippen LogP contribution in [-0.4, -0.2) is 28.9 Å². The van der Waals surface area contributed by atoms with Gasteiger partial charge >= 0.3 is 5.97 Å². The summed E-state index contributed by atoms with van der Waals surface area (Å²) in [6.07, 6.45) is 0.626. The first kappa shape index (κ1) is 14.3. The van der Waals surface area contributed by atoms with Gasteiger partial charge in [0, 0.05) is 17.0 Å². The molecule has 2 rings (SSSR count). The van der Waals surface area contributed by atoms with Crippen LogP contribution < -0.4 is 10.6 Å². The van der Waals surface area contributed by atoms with Crippen molar-refractivity contribution in [2.45, 2.75) is 24.9 Å². The van der Waals surface area contributed by atoms with Gasteiger partial charge in [0.15, 0.2) is 6.04 Å². The highest BCUT2D eigenvalue weighted by molar-refractivity contribution is 6.31. The summed E-state index contributed by atoms with van der Waals surface area (Å²) >= 11 is 5.94. The van der Waals surface area contributed by atoms with Gasteiger partial charge in [-0.25, -0.2) is 4.79 Å². The second kappa shape index (κ2) is 5.92. The van der Waals surface area contributed by atoms with Gasteiger partial charge in [-0.2, -0.15) is 0 Å². The number of rotatable bonds is 4. The van der Waals surface area contributed by atoms with Gasteiger partial charge in [0.2, 0.25) is 11.8 Å². The van der Waals surface area contributed by atoms with E-state index in [4.69, 9.17) is 11.6 Å². The van der Waals surface area contributed by atoms with E-state index in [9.17, 15) is 19.5 Å². The molecule has 0 unspecified atom stereocenters. The van der Waals surface area contributed by atoms with Gasteiger partial charge < -0.3 is 15.7 Å². The minimum Gasteiger partial charge on any atom is -0.479 e. The quantitative estimate of drug-likeness (QED) is 0.768. The summed E-state index contributed by atoms with van der Waals surface area (Å²) < 4.78 is 0. The molecule has 2 atom stereocenters. The van der Waals surface area contributed by atoms with Crippen LogP contribution in [0.15, 0.2) is 24.3 Å². The summed E-state index contributed by atoms with van der Waals surface area (Å²) in [7, 11) is 0. The van der Waals surface area contributed by atoms with E-state index in [1.54, 1.807) is 18.2 Å². The highest BCUT2D eigenvalue weighted by atomic mass is 35.5. The zero-order valence-corrected chi connectivity index (χ0v) is 11.2. The number of benzene rings is 1. The molecule has 0 saturated carbocycles. The van der Waals surface area contributed by atoms with Crippen LogP contribution in [0.3, 0.4) is 0 Å². The Kier molecular flexibility index (Phi) is 4.24. The summed E-state index contributed by atoms with van der Waals surface area (Å²) in [5.41, 5.74) is 0.305. The number of nitrogens with one attached hydrogen (secondary N) is 2. The molecule has 20 heavy (non-hydrogen) atoms. The SMILES string of the molecule is O=C1CC[C@@H](C(=O)N[C@@H](C(=O)O)c2ccccc2Cl)N1. The number of carboxylic acids is 1. The number of carbonyl (C=O) groups excluding carboxylic acids is 2. The Hall–Kier alpha value is -2.08. The van der Waals surface area contributed by atoms with Crippen LogP contribution in [-0.2, 0) is 14.4 Å². The highest BCUT2D eigenvalue weighted by Crippen LogP contribution is 2.23. The predicted octanol–water partition coefficient (Wildman–Crippen LogP) is 0.860. The molecule has 1 heterocycles. The number of aliphatic carboxylic acids is 1. The van der Waals surface area contributed by atoms with Gasteiger partial charge in [-0.05, 0) is 12.5 Å². The maximum absolute atomic E-state index is 12.0. The molecule has 6 nitrogen and oxygen atoms in total. The predicted molar refractivity (Wildman–Crippen MR) is 71.1 cm³/mol. The van der Waals surface area contributed by atoms with Crippen LogP contribution in [0.2, 0.25) is 5.02 Å². The Morgan fingerprint density at radius 1 is 1.40 bits per heavy atom. The first-order valence-electron chi connectivity index (χ1n) is 6.06. The average Bonchev–Trinajstić information content (AvgIpc) is 2.83. The maximum atomic E-state index is 12.0. The minimum absolute atomic E-state index is 0.213. The lowest BCUT2D eigenvalue weighted by atomic mass is 10.1. The largest absolute Gasteiger partial charge is 0.479 e. The standard InChI is InChI=1S/C13H13ClN2O4/c14-8-4-2-1-3-7(8)11(13(19)20)16-12(18)9-5-6-10(17)15-9/h1-4,9,11H,5-6H2,(H,15,17)(H,16,18)(H,19,20)/t9-,11+/m0/s1. The molecular formula is C13H13ClN2O4. The second-order valence-corrected chi connectivity index (χ2v) is 4.87. The summed E-state index contributed by atoms with van der Waals surface area (Å²) in [6, 6.07) is 4.47. The molecule has 2 amide bonds. The van der Waals surface area contributed by atoms with Crippen molar-refractivity contribution in [3.63, 3.8) is 0 Å². The average molecular weight is 297 g/mol. The van der Waals surface area contributed by atoms with E-state index in [0.29, 0.717) is 12.0 Å². The van der Waals surface area contributed by atoms with Gasteiger partial charge in [0.1, 0.15) is 6.04 Å². The molecule has 1 aliphatic rings. The lowest BCUT2D eigenvalue weighted by Gasteiger charge is -2.18. The number of hydrogen-bond acceptors (Lipinski definition) is 3. The summed E-state index contributed by atoms with van der Waals surface area (Å²) in [5.74, 6) is -1.95. The van der Waals surface area contributed by atoms with Gasteiger partial charge in [0.05, 0.1) is 0 Å². The molecule has 0 aliphatic carbocycles. The van der Waals surface area contributed by atoms with Crippen molar-refractivity contribution in [2.24, 2.45) is 0 Å². The topological polar surface area (TPSA) is 95.5 Å². The van der Waals surface area contributed by atoms with Crippen LogP contribution in [0.4, 0.5) is 0 Å². The molecule has 1 aromatic rings. The van der Waals surface area contributed by atoms with Crippen molar-refractivity contribution in [1.82, 2.24) is 10.6 Å². The zero-order chi connectivity index (χ0) is 14.7. The third kappa shape index (κ3) is 3.08. The lowest BCUT2D eigenvalue weighted by Crippen LogP contribution is -2.45. The zero-order valence-electron chi connectivity index (χ0n) is 10.4. The summed E-state index contributed by atoms with van der Waals surface area (Å²) in [4.78, 5) is 34.3. The third-order valence-corrected chi connectivity index (χ3v) is 3.41. The van der Waals surface area contributed by atoms with E-state index in [1.807, 2.05) is 0 Å². The van der Waals surface area contributed by atoms with Gasteiger partial charge in [0.25, 0.3) is 0 Å². The minimum atomic E-state index is -1.24. The fraction of sp³-hybridized carbons (Fsp3) is 0.308. The number of carbonyl (C=O) groups is 3. The van der Waals surface area contributed by atoms with Crippen LogP contribution in [0.1, 0.15) is 24.4 Å². The molecular weight excluding hydrogens is 284 g/mol. The molecule has 0 spiro atoms. The third-order valence-electron chi connectivity index (χ3n) is 3.06. The number of hydrogen-bond donors (Lipinski definition) is 3. The first-order valence-corrected chi connectivity index (χ1v) is 6.44. The second-order valence-electron chi connectivity index (χ2n) is 4.46. The molecule has 1 fully saturated rings. The Bertz CT molecular complexity index is 561. The molecule has 0 aromatic heterocycles. The van der Waals surface area contributed by atoms with Crippen molar-refractivity contribution in [3.05, 3.63) is 34.9 Å². The Morgan fingerprint density at radius 2 is 2.10 bits per heavy atom.